The second-order valence-corrected chi connectivity index (χ2v) is 9.89. The monoisotopic (exact) mass is 387 g/mol. The highest BCUT2D eigenvalue weighted by Crippen LogP contribution is 2.43. The quantitative estimate of drug-likeness (QED) is 0.372. The molecule has 1 unspecified atom stereocenters. The van der Waals surface area contributed by atoms with Gasteiger partial charge in [0, 0.05) is 28.4 Å². The molecule has 1 heterocycles. The number of aromatic nitrogens is 1. The van der Waals surface area contributed by atoms with Gasteiger partial charge in [-0.1, -0.05) is 49.4 Å². The van der Waals surface area contributed by atoms with Crippen molar-refractivity contribution in [2.24, 2.45) is 0 Å². The standard InChI is InChI=1S/C22H30NO3P/c1-16-9-11-21-19(14-16)20-15-17(2)10-12-22(20)23(21)13-7-5-4-6-8-18(3)27(24,25)26/h9-12,14-15,18H,4-8,13H2,1-3H3,(H2,24,25,26). The Bertz CT molecular complexity index is 927. The van der Waals surface area contributed by atoms with Crippen LogP contribution in [0.25, 0.3) is 21.8 Å². The molecule has 0 aliphatic rings. The summed E-state index contributed by atoms with van der Waals surface area (Å²) in [6.45, 7) is 6.89. The molecule has 27 heavy (non-hydrogen) atoms. The molecule has 0 saturated heterocycles. The molecule has 0 saturated carbocycles. The minimum Gasteiger partial charge on any atom is -0.340 e. The van der Waals surface area contributed by atoms with Crippen molar-refractivity contribution in [2.45, 2.75) is 65.1 Å². The van der Waals surface area contributed by atoms with E-state index in [1.165, 1.54) is 32.9 Å². The fourth-order valence-corrected chi connectivity index (χ4v) is 4.32. The van der Waals surface area contributed by atoms with Crippen LogP contribution in [0.15, 0.2) is 36.4 Å². The molecule has 5 heteroatoms. The number of aryl methyl sites for hydroxylation is 3. The fraction of sp³-hybridized carbons (Fsp3) is 0.455. The van der Waals surface area contributed by atoms with Gasteiger partial charge in [0.25, 0.3) is 0 Å². The molecule has 0 fully saturated rings. The maximum atomic E-state index is 11.2. The lowest BCUT2D eigenvalue weighted by atomic mass is 10.1. The molecule has 3 aromatic rings. The van der Waals surface area contributed by atoms with E-state index in [1.807, 2.05) is 0 Å². The summed E-state index contributed by atoms with van der Waals surface area (Å²) in [6.07, 6.45) is 4.63. The lowest BCUT2D eigenvalue weighted by Crippen LogP contribution is -2.02. The predicted octanol–water partition coefficient (Wildman–Crippen LogP) is 5.93. The molecule has 2 aromatic carbocycles. The molecule has 0 amide bonds. The fourth-order valence-electron chi connectivity index (χ4n) is 3.80. The SMILES string of the molecule is Cc1ccc2c(c1)c1cc(C)ccc1n2CCCCCCC(C)P(=O)(O)O. The highest BCUT2D eigenvalue weighted by atomic mass is 31.2. The maximum absolute atomic E-state index is 11.2. The number of unbranched alkanes of at least 4 members (excludes halogenated alkanes) is 3. The van der Waals surface area contributed by atoms with Crippen LogP contribution in [-0.4, -0.2) is 20.0 Å². The van der Waals surface area contributed by atoms with Crippen LogP contribution in [0, 0.1) is 13.8 Å². The van der Waals surface area contributed by atoms with Gasteiger partial charge < -0.3 is 14.4 Å². The zero-order valence-electron chi connectivity index (χ0n) is 16.5. The van der Waals surface area contributed by atoms with Crippen LogP contribution in [0.4, 0.5) is 0 Å². The maximum Gasteiger partial charge on any atom is 0.328 e. The van der Waals surface area contributed by atoms with Crippen LogP contribution in [0.1, 0.15) is 50.2 Å². The summed E-state index contributed by atoms with van der Waals surface area (Å²) in [7, 11) is -3.92. The topological polar surface area (TPSA) is 62.5 Å². The Morgan fingerprint density at radius 2 is 1.41 bits per heavy atom. The summed E-state index contributed by atoms with van der Waals surface area (Å²) >= 11 is 0. The predicted molar refractivity (Wildman–Crippen MR) is 114 cm³/mol. The van der Waals surface area contributed by atoms with Gasteiger partial charge in [-0.25, -0.2) is 0 Å². The lowest BCUT2D eigenvalue weighted by molar-refractivity contribution is 0.355. The highest BCUT2D eigenvalue weighted by Gasteiger charge is 2.22. The second kappa shape index (κ2) is 8.18. The molecular formula is C22H30NO3P. The van der Waals surface area contributed by atoms with E-state index in [-0.39, 0.29) is 0 Å². The zero-order chi connectivity index (χ0) is 19.6. The van der Waals surface area contributed by atoms with Crippen LogP contribution in [0.3, 0.4) is 0 Å². The van der Waals surface area contributed by atoms with E-state index in [4.69, 9.17) is 9.79 Å². The van der Waals surface area contributed by atoms with E-state index in [0.717, 1.165) is 32.2 Å². The summed E-state index contributed by atoms with van der Waals surface area (Å²) in [5.41, 5.74) is 4.61. The third-order valence-corrected chi connectivity index (χ3v) is 6.91. The number of hydrogen-bond acceptors (Lipinski definition) is 1. The van der Waals surface area contributed by atoms with Gasteiger partial charge in [0.05, 0.1) is 5.66 Å². The van der Waals surface area contributed by atoms with Gasteiger partial charge in [0.1, 0.15) is 0 Å². The number of rotatable bonds is 8. The molecule has 3 rings (SSSR count). The summed E-state index contributed by atoms with van der Waals surface area (Å²) in [6, 6.07) is 13.3. The van der Waals surface area contributed by atoms with Crippen LogP contribution in [0.2, 0.25) is 0 Å². The number of nitrogens with zero attached hydrogens (tertiary/aromatic N) is 1. The number of hydrogen-bond donors (Lipinski definition) is 2. The normalized spacial score (nSPS) is 13.5. The van der Waals surface area contributed by atoms with Crippen LogP contribution < -0.4 is 0 Å². The number of benzene rings is 2. The average molecular weight is 387 g/mol. The number of fused-ring (bicyclic) bond motifs is 3. The Hall–Kier alpha value is -1.61. The molecular weight excluding hydrogens is 357 g/mol. The van der Waals surface area contributed by atoms with E-state index in [9.17, 15) is 4.57 Å². The van der Waals surface area contributed by atoms with E-state index in [2.05, 4.69) is 54.8 Å². The summed E-state index contributed by atoms with van der Waals surface area (Å²) in [4.78, 5) is 18.3. The van der Waals surface area contributed by atoms with Crippen molar-refractivity contribution in [1.29, 1.82) is 0 Å². The van der Waals surface area contributed by atoms with Gasteiger partial charge in [-0.05, 0) is 51.0 Å². The molecule has 0 spiro atoms. The van der Waals surface area contributed by atoms with Crippen LogP contribution in [0.5, 0.6) is 0 Å². The van der Waals surface area contributed by atoms with E-state index in [0.29, 0.717) is 6.42 Å². The first-order valence-corrected chi connectivity index (χ1v) is 11.5. The second-order valence-electron chi connectivity index (χ2n) is 7.83. The Morgan fingerprint density at radius 1 is 0.889 bits per heavy atom. The largest absolute Gasteiger partial charge is 0.340 e. The van der Waals surface area contributed by atoms with Gasteiger partial charge in [-0.2, -0.15) is 0 Å². The molecule has 2 N–H and O–H groups in total. The van der Waals surface area contributed by atoms with Crippen molar-refractivity contribution in [2.75, 3.05) is 0 Å². The minimum atomic E-state index is -3.92. The van der Waals surface area contributed by atoms with Gasteiger partial charge in [-0.3, -0.25) is 4.57 Å². The Kier molecular flexibility index (Phi) is 6.10. The van der Waals surface area contributed by atoms with Crippen LogP contribution in [-0.2, 0) is 11.1 Å². The average Bonchev–Trinajstić information content (AvgIpc) is 2.89. The summed E-state index contributed by atoms with van der Waals surface area (Å²) < 4.78 is 13.6. The Labute approximate surface area is 161 Å². The molecule has 0 radical (unpaired) electrons. The van der Waals surface area contributed by atoms with Crippen molar-refractivity contribution in [3.8, 4) is 0 Å². The zero-order valence-corrected chi connectivity index (χ0v) is 17.4. The minimum absolute atomic E-state index is 0.527. The van der Waals surface area contributed by atoms with Crippen molar-refractivity contribution >= 4 is 29.4 Å². The van der Waals surface area contributed by atoms with Gasteiger partial charge >= 0.3 is 7.60 Å². The van der Waals surface area contributed by atoms with Crippen molar-refractivity contribution in [3.05, 3.63) is 47.5 Å². The van der Waals surface area contributed by atoms with Crippen molar-refractivity contribution in [3.63, 3.8) is 0 Å². The third kappa shape index (κ3) is 4.63. The van der Waals surface area contributed by atoms with Crippen molar-refractivity contribution in [1.82, 2.24) is 4.57 Å². The smallest absolute Gasteiger partial charge is 0.328 e. The molecule has 0 aliphatic carbocycles. The first-order valence-electron chi connectivity index (χ1n) is 9.82. The summed E-state index contributed by atoms with van der Waals surface area (Å²) in [5.74, 6) is 0. The molecule has 0 bridgehead atoms. The van der Waals surface area contributed by atoms with E-state index >= 15 is 0 Å². The molecule has 1 aromatic heterocycles. The lowest BCUT2D eigenvalue weighted by Gasteiger charge is -2.13. The van der Waals surface area contributed by atoms with Gasteiger partial charge in [0.15, 0.2) is 0 Å². The molecule has 146 valence electrons. The summed E-state index contributed by atoms with van der Waals surface area (Å²) in [5, 5.41) is 2.65. The molecule has 0 aliphatic heterocycles. The van der Waals surface area contributed by atoms with Gasteiger partial charge in [-0.15, -0.1) is 0 Å². The Morgan fingerprint density at radius 3 is 1.93 bits per heavy atom. The third-order valence-electron chi connectivity index (χ3n) is 5.50. The van der Waals surface area contributed by atoms with Crippen molar-refractivity contribution < 1.29 is 14.4 Å². The first kappa shape index (κ1) is 20.1. The Balaban J connectivity index is 1.67. The first-order chi connectivity index (χ1) is 12.8. The van der Waals surface area contributed by atoms with Crippen LogP contribution >= 0.6 is 7.60 Å². The molecule has 4 nitrogen and oxygen atoms in total. The van der Waals surface area contributed by atoms with E-state index < -0.39 is 13.3 Å². The van der Waals surface area contributed by atoms with Gasteiger partial charge in [0.2, 0.25) is 0 Å². The highest BCUT2D eigenvalue weighted by molar-refractivity contribution is 7.52. The van der Waals surface area contributed by atoms with E-state index in [1.54, 1.807) is 6.92 Å². The molecule has 1 atom stereocenters.